The minimum Gasteiger partial charge on any atom is -0.508 e. The molecule has 0 amide bonds. The van der Waals surface area contributed by atoms with Crippen LogP contribution < -0.4 is 5.32 Å². The summed E-state index contributed by atoms with van der Waals surface area (Å²) in [6.45, 7) is 4.18. The predicted octanol–water partition coefficient (Wildman–Crippen LogP) is 2.59. The molecule has 1 aromatic carbocycles. The molecule has 1 saturated heterocycles. The maximum Gasteiger partial charge on any atom is 0.120 e. The zero-order valence-electron chi connectivity index (χ0n) is 10.8. The molecule has 2 rings (SSSR count). The van der Waals surface area contributed by atoms with E-state index in [0.717, 1.165) is 42.1 Å². The van der Waals surface area contributed by atoms with Crippen molar-refractivity contribution in [2.24, 2.45) is 5.92 Å². The summed E-state index contributed by atoms with van der Waals surface area (Å²) in [5, 5.41) is 13.2. The average Bonchev–Trinajstić information content (AvgIpc) is 2.35. The number of piperidine rings is 1. The molecule has 0 saturated carbocycles. The Hall–Kier alpha value is -0.580. The molecule has 0 atom stereocenters. The number of nitrogens with one attached hydrogen (secondary N) is 1. The fraction of sp³-hybridized carbons (Fsp3) is 0.571. The van der Waals surface area contributed by atoms with Crippen LogP contribution in [0.25, 0.3) is 0 Å². The molecule has 1 aliphatic rings. The topological polar surface area (TPSA) is 35.5 Å². The monoisotopic (exact) mass is 312 g/mol. The molecule has 0 radical (unpaired) electrons. The third-order valence-electron chi connectivity index (χ3n) is 3.51. The first kappa shape index (κ1) is 13.8. The highest BCUT2D eigenvalue weighted by atomic mass is 79.9. The molecule has 2 N–H and O–H groups in total. The van der Waals surface area contributed by atoms with Gasteiger partial charge in [0.15, 0.2) is 0 Å². The molecule has 1 aromatic rings. The summed E-state index contributed by atoms with van der Waals surface area (Å²) in [4.78, 5) is 2.30. The molecule has 0 unspecified atom stereocenters. The van der Waals surface area contributed by atoms with Gasteiger partial charge in [-0.2, -0.15) is 0 Å². The molecule has 1 aliphatic heterocycles. The number of rotatable bonds is 4. The summed E-state index contributed by atoms with van der Waals surface area (Å²) in [6, 6.07) is 5.61. The lowest BCUT2D eigenvalue weighted by Crippen LogP contribution is -2.34. The molecule has 0 spiro atoms. The van der Waals surface area contributed by atoms with Gasteiger partial charge in [0.2, 0.25) is 0 Å². The SMILES string of the molecule is CN(Cc1cc(Br)ccc1O)CC1CCNCC1. The fourth-order valence-corrected chi connectivity index (χ4v) is 2.95. The normalized spacial score (nSPS) is 17.3. The van der Waals surface area contributed by atoms with Crippen LogP contribution in [-0.4, -0.2) is 36.7 Å². The van der Waals surface area contributed by atoms with Gasteiger partial charge in [-0.25, -0.2) is 0 Å². The standard InChI is InChI=1S/C14H21BrN2O/c1-17(9-11-4-6-16-7-5-11)10-12-8-13(15)2-3-14(12)18/h2-3,8,11,16,18H,4-7,9-10H2,1H3. The van der Waals surface area contributed by atoms with Crippen LogP contribution in [0.3, 0.4) is 0 Å². The van der Waals surface area contributed by atoms with Gasteiger partial charge < -0.3 is 15.3 Å². The Labute approximate surface area is 117 Å². The highest BCUT2D eigenvalue weighted by molar-refractivity contribution is 9.10. The van der Waals surface area contributed by atoms with Gasteiger partial charge in [-0.15, -0.1) is 0 Å². The van der Waals surface area contributed by atoms with Crippen LogP contribution >= 0.6 is 15.9 Å². The Morgan fingerprint density at radius 3 is 2.83 bits per heavy atom. The number of halogens is 1. The summed E-state index contributed by atoms with van der Waals surface area (Å²) >= 11 is 3.45. The largest absolute Gasteiger partial charge is 0.508 e. The van der Waals surface area contributed by atoms with Gasteiger partial charge in [0.05, 0.1) is 0 Å². The van der Waals surface area contributed by atoms with Gasteiger partial charge in [-0.3, -0.25) is 0 Å². The van der Waals surface area contributed by atoms with E-state index in [0.29, 0.717) is 5.75 Å². The van der Waals surface area contributed by atoms with Crippen molar-refractivity contribution < 1.29 is 5.11 Å². The number of hydrogen-bond donors (Lipinski definition) is 2. The Balaban J connectivity index is 1.89. The van der Waals surface area contributed by atoms with Gasteiger partial charge in [0, 0.05) is 23.1 Å². The van der Waals surface area contributed by atoms with E-state index in [-0.39, 0.29) is 0 Å². The highest BCUT2D eigenvalue weighted by Gasteiger charge is 2.15. The maximum atomic E-state index is 9.83. The fourth-order valence-electron chi connectivity index (χ4n) is 2.54. The van der Waals surface area contributed by atoms with Crippen molar-refractivity contribution in [3.63, 3.8) is 0 Å². The molecular weight excluding hydrogens is 292 g/mol. The van der Waals surface area contributed by atoms with Crippen LogP contribution in [0.5, 0.6) is 5.75 Å². The highest BCUT2D eigenvalue weighted by Crippen LogP contribution is 2.23. The predicted molar refractivity (Wildman–Crippen MR) is 77.7 cm³/mol. The number of phenolic OH excluding ortho intramolecular Hbond substituents is 1. The molecule has 1 heterocycles. The third-order valence-corrected chi connectivity index (χ3v) is 4.00. The number of aromatic hydroxyl groups is 1. The molecule has 0 aliphatic carbocycles. The molecule has 100 valence electrons. The second kappa shape index (κ2) is 6.55. The Morgan fingerprint density at radius 1 is 1.39 bits per heavy atom. The quantitative estimate of drug-likeness (QED) is 0.897. The lowest BCUT2D eigenvalue weighted by atomic mass is 9.97. The molecular formula is C14H21BrN2O. The Bertz CT molecular complexity index is 391. The van der Waals surface area contributed by atoms with E-state index in [9.17, 15) is 5.11 Å². The van der Waals surface area contributed by atoms with Crippen LogP contribution in [-0.2, 0) is 6.54 Å². The van der Waals surface area contributed by atoms with Crippen LogP contribution in [0, 0.1) is 5.92 Å². The first-order chi connectivity index (χ1) is 8.65. The molecule has 1 fully saturated rings. The molecule has 0 aromatic heterocycles. The van der Waals surface area contributed by atoms with Crippen molar-refractivity contribution in [2.75, 3.05) is 26.7 Å². The Kier molecular flexibility index (Phi) is 5.03. The van der Waals surface area contributed by atoms with Crippen LogP contribution in [0.4, 0.5) is 0 Å². The van der Waals surface area contributed by atoms with E-state index in [1.165, 1.54) is 12.8 Å². The lowest BCUT2D eigenvalue weighted by Gasteiger charge is -2.27. The summed E-state index contributed by atoms with van der Waals surface area (Å²) in [5.74, 6) is 1.17. The number of hydrogen-bond acceptors (Lipinski definition) is 3. The number of benzene rings is 1. The first-order valence-electron chi connectivity index (χ1n) is 6.52. The molecule has 0 bridgehead atoms. The van der Waals surface area contributed by atoms with E-state index >= 15 is 0 Å². The van der Waals surface area contributed by atoms with Crippen molar-refractivity contribution in [2.45, 2.75) is 19.4 Å². The molecule has 4 heteroatoms. The summed E-state index contributed by atoms with van der Waals surface area (Å²) < 4.78 is 1.02. The summed E-state index contributed by atoms with van der Waals surface area (Å²) in [5.41, 5.74) is 0.987. The van der Waals surface area contributed by atoms with Crippen LogP contribution in [0.15, 0.2) is 22.7 Å². The minimum absolute atomic E-state index is 0.385. The second-order valence-electron chi connectivity index (χ2n) is 5.16. The molecule has 18 heavy (non-hydrogen) atoms. The lowest BCUT2D eigenvalue weighted by molar-refractivity contribution is 0.232. The average molecular weight is 313 g/mol. The summed E-state index contributed by atoms with van der Waals surface area (Å²) in [6.07, 6.45) is 2.52. The number of nitrogens with zero attached hydrogens (tertiary/aromatic N) is 1. The van der Waals surface area contributed by atoms with Crippen LogP contribution in [0.2, 0.25) is 0 Å². The van der Waals surface area contributed by atoms with Gasteiger partial charge in [0.1, 0.15) is 5.75 Å². The van der Waals surface area contributed by atoms with E-state index in [4.69, 9.17) is 0 Å². The van der Waals surface area contributed by atoms with E-state index in [1.54, 1.807) is 6.07 Å². The maximum absolute atomic E-state index is 9.83. The number of phenols is 1. The van der Waals surface area contributed by atoms with E-state index in [2.05, 4.69) is 33.2 Å². The van der Waals surface area contributed by atoms with Crippen molar-refractivity contribution in [1.82, 2.24) is 10.2 Å². The van der Waals surface area contributed by atoms with Gasteiger partial charge in [-0.1, -0.05) is 15.9 Å². The van der Waals surface area contributed by atoms with E-state index in [1.807, 2.05) is 12.1 Å². The van der Waals surface area contributed by atoms with Gasteiger partial charge in [0.25, 0.3) is 0 Å². The van der Waals surface area contributed by atoms with Crippen molar-refractivity contribution >= 4 is 15.9 Å². The van der Waals surface area contributed by atoms with Crippen molar-refractivity contribution in [1.29, 1.82) is 0 Å². The van der Waals surface area contributed by atoms with Gasteiger partial charge in [-0.05, 0) is 57.1 Å². The third kappa shape index (κ3) is 3.97. The van der Waals surface area contributed by atoms with Gasteiger partial charge >= 0.3 is 0 Å². The first-order valence-corrected chi connectivity index (χ1v) is 7.31. The van der Waals surface area contributed by atoms with E-state index < -0.39 is 0 Å². The Morgan fingerprint density at radius 2 is 2.11 bits per heavy atom. The zero-order valence-corrected chi connectivity index (χ0v) is 12.4. The smallest absolute Gasteiger partial charge is 0.120 e. The van der Waals surface area contributed by atoms with Crippen molar-refractivity contribution in [3.05, 3.63) is 28.2 Å². The summed E-state index contributed by atoms with van der Waals surface area (Å²) in [7, 11) is 2.13. The van der Waals surface area contributed by atoms with Crippen LogP contribution in [0.1, 0.15) is 18.4 Å². The minimum atomic E-state index is 0.385. The second-order valence-corrected chi connectivity index (χ2v) is 6.08. The molecule has 3 nitrogen and oxygen atoms in total. The van der Waals surface area contributed by atoms with Crippen molar-refractivity contribution in [3.8, 4) is 5.75 Å². The zero-order chi connectivity index (χ0) is 13.0.